The Labute approximate surface area is 166 Å². The zero-order valence-electron chi connectivity index (χ0n) is 16.5. The third-order valence-electron chi connectivity index (χ3n) is 5.93. The smallest absolute Gasteiger partial charge is 0.318 e. The number of carbonyl (C=O) groups is 1. The lowest BCUT2D eigenvalue weighted by molar-refractivity contribution is -0.126. The summed E-state index contributed by atoms with van der Waals surface area (Å²) in [6.07, 6.45) is 9.70. The van der Waals surface area contributed by atoms with Gasteiger partial charge in [0.1, 0.15) is 6.04 Å². The van der Waals surface area contributed by atoms with Crippen molar-refractivity contribution < 1.29 is 9.21 Å². The summed E-state index contributed by atoms with van der Waals surface area (Å²) in [5.41, 5.74) is 1.15. The predicted molar refractivity (Wildman–Crippen MR) is 108 cm³/mol. The molecule has 2 heterocycles. The Kier molecular flexibility index (Phi) is 6.24. The molecule has 4 rings (SSSR count). The highest BCUT2D eigenvalue weighted by Crippen LogP contribution is 2.27. The minimum Gasteiger partial charge on any atom is -0.406 e. The van der Waals surface area contributed by atoms with E-state index in [1.54, 1.807) is 0 Å². The molecule has 1 saturated carbocycles. The molecule has 1 aromatic heterocycles. The second-order valence-electron chi connectivity index (χ2n) is 8.06. The Morgan fingerprint density at radius 2 is 1.75 bits per heavy atom. The van der Waals surface area contributed by atoms with Gasteiger partial charge in [0.2, 0.25) is 11.8 Å². The molecule has 1 aliphatic heterocycles. The molecule has 2 fully saturated rings. The van der Waals surface area contributed by atoms with Gasteiger partial charge in [-0.2, -0.15) is 0 Å². The fraction of sp³-hybridized carbons (Fsp3) is 0.591. The van der Waals surface area contributed by atoms with Gasteiger partial charge >= 0.3 is 6.01 Å². The molecule has 1 atom stereocenters. The lowest BCUT2D eigenvalue weighted by Crippen LogP contribution is -2.36. The molecular formula is C22H30N4O2. The van der Waals surface area contributed by atoms with Gasteiger partial charge in [-0.05, 0) is 37.7 Å². The van der Waals surface area contributed by atoms with Crippen molar-refractivity contribution >= 4 is 11.9 Å². The minimum absolute atomic E-state index is 0.108. The number of anilines is 1. The maximum absolute atomic E-state index is 12.9. The number of aromatic nitrogens is 2. The van der Waals surface area contributed by atoms with Gasteiger partial charge < -0.3 is 14.6 Å². The molecular weight excluding hydrogens is 352 g/mol. The number of piperidine rings is 1. The van der Waals surface area contributed by atoms with Crippen LogP contribution in [-0.4, -0.2) is 29.2 Å². The molecule has 150 valence electrons. The summed E-state index contributed by atoms with van der Waals surface area (Å²) in [7, 11) is 0. The number of amides is 1. The van der Waals surface area contributed by atoms with Crippen LogP contribution in [0.25, 0.3) is 0 Å². The van der Waals surface area contributed by atoms with E-state index in [0.717, 1.165) is 57.2 Å². The van der Waals surface area contributed by atoms with Crippen LogP contribution in [0.1, 0.15) is 68.9 Å². The third kappa shape index (κ3) is 4.72. The summed E-state index contributed by atoms with van der Waals surface area (Å²) in [6.45, 7) is 1.92. The van der Waals surface area contributed by atoms with E-state index in [1.807, 2.05) is 18.2 Å². The number of hydrogen-bond acceptors (Lipinski definition) is 5. The van der Waals surface area contributed by atoms with Crippen molar-refractivity contribution in [2.24, 2.45) is 5.92 Å². The summed E-state index contributed by atoms with van der Waals surface area (Å²) < 4.78 is 6.03. The van der Waals surface area contributed by atoms with Gasteiger partial charge in [0.05, 0.1) is 0 Å². The maximum atomic E-state index is 12.9. The van der Waals surface area contributed by atoms with Gasteiger partial charge in [0.15, 0.2) is 0 Å². The zero-order valence-corrected chi connectivity index (χ0v) is 16.5. The van der Waals surface area contributed by atoms with Crippen molar-refractivity contribution in [1.29, 1.82) is 0 Å². The Morgan fingerprint density at radius 3 is 2.50 bits per heavy atom. The van der Waals surface area contributed by atoms with Crippen molar-refractivity contribution in [3.05, 3.63) is 41.8 Å². The Hall–Kier alpha value is -2.37. The van der Waals surface area contributed by atoms with Gasteiger partial charge in [-0.25, -0.2) is 0 Å². The Balaban J connectivity index is 1.50. The first-order chi connectivity index (χ1) is 13.8. The predicted octanol–water partition coefficient (Wildman–Crippen LogP) is 4.04. The highest BCUT2D eigenvalue weighted by atomic mass is 16.4. The highest BCUT2D eigenvalue weighted by molar-refractivity contribution is 5.79. The first-order valence-electron chi connectivity index (χ1n) is 10.7. The van der Waals surface area contributed by atoms with Crippen LogP contribution in [0.3, 0.4) is 0 Å². The Morgan fingerprint density at radius 1 is 1.04 bits per heavy atom. The molecule has 6 heteroatoms. The summed E-state index contributed by atoms with van der Waals surface area (Å²) >= 11 is 0. The summed E-state index contributed by atoms with van der Waals surface area (Å²) in [6, 6.07) is 10.5. The molecule has 0 radical (unpaired) electrons. The summed E-state index contributed by atoms with van der Waals surface area (Å²) in [4.78, 5) is 15.0. The molecule has 2 aromatic rings. The van der Waals surface area contributed by atoms with E-state index < -0.39 is 0 Å². The van der Waals surface area contributed by atoms with Crippen LogP contribution < -0.4 is 10.2 Å². The van der Waals surface area contributed by atoms with Gasteiger partial charge in [0.25, 0.3) is 0 Å². The third-order valence-corrected chi connectivity index (χ3v) is 5.93. The highest BCUT2D eigenvalue weighted by Gasteiger charge is 2.28. The van der Waals surface area contributed by atoms with Crippen molar-refractivity contribution in [2.75, 3.05) is 18.0 Å². The number of nitrogens with zero attached hydrogens (tertiary/aromatic N) is 3. The number of hydrogen-bond donors (Lipinski definition) is 1. The molecule has 1 N–H and O–H groups in total. The molecule has 1 unspecified atom stereocenters. The van der Waals surface area contributed by atoms with E-state index in [1.165, 1.54) is 12.8 Å². The molecule has 2 aliphatic rings. The quantitative estimate of drug-likeness (QED) is 0.816. The van der Waals surface area contributed by atoms with Crippen molar-refractivity contribution in [1.82, 2.24) is 15.5 Å². The van der Waals surface area contributed by atoms with Gasteiger partial charge in [-0.3, -0.25) is 4.79 Å². The molecule has 0 spiro atoms. The second-order valence-corrected chi connectivity index (χ2v) is 8.06. The van der Waals surface area contributed by atoms with E-state index in [0.29, 0.717) is 18.3 Å². The summed E-state index contributed by atoms with van der Waals surface area (Å²) in [5.74, 6) is 0.739. The first-order valence-corrected chi connectivity index (χ1v) is 10.7. The molecule has 1 aromatic carbocycles. The van der Waals surface area contributed by atoms with Crippen LogP contribution in [0.4, 0.5) is 6.01 Å². The molecule has 0 bridgehead atoms. The van der Waals surface area contributed by atoms with Crippen LogP contribution in [-0.2, 0) is 11.2 Å². The SMILES string of the molecule is O=C(NC(Cc1ccccc1)c1nnc(N2CCCCC2)o1)C1CCCCC1. The molecule has 1 amide bonds. The van der Waals surface area contributed by atoms with Crippen LogP contribution in [0, 0.1) is 5.92 Å². The Bertz CT molecular complexity index is 749. The summed E-state index contributed by atoms with van der Waals surface area (Å²) in [5, 5.41) is 11.8. The van der Waals surface area contributed by atoms with E-state index in [-0.39, 0.29) is 17.9 Å². The number of rotatable bonds is 6. The van der Waals surface area contributed by atoms with E-state index in [9.17, 15) is 4.79 Å². The molecule has 1 aliphatic carbocycles. The molecule has 1 saturated heterocycles. The normalized spacial score (nSPS) is 19.4. The zero-order chi connectivity index (χ0) is 19.2. The largest absolute Gasteiger partial charge is 0.406 e. The van der Waals surface area contributed by atoms with Crippen LogP contribution >= 0.6 is 0 Å². The lowest BCUT2D eigenvalue weighted by Gasteiger charge is -2.25. The van der Waals surface area contributed by atoms with Gasteiger partial charge in [-0.15, -0.1) is 5.10 Å². The van der Waals surface area contributed by atoms with Crippen molar-refractivity contribution in [3.63, 3.8) is 0 Å². The van der Waals surface area contributed by atoms with Crippen molar-refractivity contribution in [3.8, 4) is 0 Å². The molecule has 28 heavy (non-hydrogen) atoms. The first kappa shape index (κ1) is 19.0. The maximum Gasteiger partial charge on any atom is 0.318 e. The monoisotopic (exact) mass is 382 g/mol. The molecule has 6 nitrogen and oxygen atoms in total. The number of carbonyl (C=O) groups excluding carboxylic acids is 1. The lowest BCUT2D eigenvalue weighted by atomic mass is 9.88. The number of benzene rings is 1. The van der Waals surface area contributed by atoms with E-state index >= 15 is 0 Å². The van der Waals surface area contributed by atoms with Crippen LogP contribution in [0.5, 0.6) is 0 Å². The topological polar surface area (TPSA) is 71.3 Å². The average Bonchev–Trinajstić information content (AvgIpc) is 3.25. The van der Waals surface area contributed by atoms with Crippen LogP contribution in [0.2, 0.25) is 0 Å². The van der Waals surface area contributed by atoms with Crippen LogP contribution in [0.15, 0.2) is 34.7 Å². The van der Waals surface area contributed by atoms with Gasteiger partial charge in [0, 0.05) is 25.4 Å². The van der Waals surface area contributed by atoms with E-state index in [4.69, 9.17) is 4.42 Å². The average molecular weight is 383 g/mol. The fourth-order valence-electron chi connectivity index (χ4n) is 4.28. The second kappa shape index (κ2) is 9.22. The van der Waals surface area contributed by atoms with Crippen molar-refractivity contribution in [2.45, 2.75) is 63.8 Å². The van der Waals surface area contributed by atoms with E-state index in [2.05, 4.69) is 32.5 Å². The minimum atomic E-state index is -0.289. The fourth-order valence-corrected chi connectivity index (χ4v) is 4.28. The number of nitrogens with one attached hydrogen (secondary N) is 1. The standard InChI is InChI=1S/C22H30N4O2/c27-20(18-12-6-2-7-13-18)23-19(16-17-10-4-1-5-11-17)21-24-25-22(28-21)26-14-8-3-9-15-26/h1,4-5,10-11,18-19H,2-3,6-9,12-16H2,(H,23,27). The van der Waals surface area contributed by atoms with Gasteiger partial charge in [-0.1, -0.05) is 54.7 Å².